The lowest BCUT2D eigenvalue weighted by molar-refractivity contribution is -0.126. The number of hydrogen-bond acceptors (Lipinski definition) is 4. The Hall–Kier alpha value is -0.940. The van der Waals surface area contributed by atoms with E-state index in [1.807, 2.05) is 6.20 Å². The lowest BCUT2D eigenvalue weighted by atomic mass is 9.85. The van der Waals surface area contributed by atoms with Crippen LogP contribution in [0.4, 0.5) is 0 Å². The van der Waals surface area contributed by atoms with Gasteiger partial charge in [-0.15, -0.1) is 11.3 Å². The maximum Gasteiger partial charge on any atom is 0.223 e. The number of nitrogens with two attached hydrogens (primary N) is 1. The third-order valence-electron chi connectivity index (χ3n) is 3.45. The van der Waals surface area contributed by atoms with Crippen molar-refractivity contribution >= 4 is 17.2 Å². The highest BCUT2D eigenvalue weighted by molar-refractivity contribution is 7.11. The highest BCUT2D eigenvalue weighted by Gasteiger charge is 2.25. The first kappa shape index (κ1) is 13.5. The largest absolute Gasteiger partial charge is 0.349 e. The molecule has 5 heteroatoms. The van der Waals surface area contributed by atoms with Crippen molar-refractivity contribution < 1.29 is 4.79 Å². The van der Waals surface area contributed by atoms with E-state index in [1.165, 1.54) is 4.88 Å². The summed E-state index contributed by atoms with van der Waals surface area (Å²) in [6.45, 7) is 2.66. The molecule has 1 amide bonds. The molecule has 1 heterocycles. The zero-order valence-corrected chi connectivity index (χ0v) is 11.6. The molecule has 0 aliphatic heterocycles. The predicted octanol–water partition coefficient (Wildman–Crippen LogP) is 1.84. The number of carbonyl (C=O) groups is 1. The molecule has 1 aromatic heterocycles. The van der Waals surface area contributed by atoms with Crippen molar-refractivity contribution in [1.82, 2.24) is 10.3 Å². The van der Waals surface area contributed by atoms with Crippen LogP contribution in [0.2, 0.25) is 0 Å². The van der Waals surface area contributed by atoms with Gasteiger partial charge >= 0.3 is 0 Å². The fourth-order valence-corrected chi connectivity index (χ4v) is 3.17. The summed E-state index contributed by atoms with van der Waals surface area (Å²) in [4.78, 5) is 17.6. The van der Waals surface area contributed by atoms with Crippen LogP contribution in [0.5, 0.6) is 0 Å². The second-order valence-corrected chi connectivity index (χ2v) is 6.12. The first-order valence-corrected chi connectivity index (χ1v) is 7.47. The van der Waals surface area contributed by atoms with Gasteiger partial charge in [0.15, 0.2) is 0 Å². The topological polar surface area (TPSA) is 68.0 Å². The minimum atomic E-state index is 0.0966. The molecule has 2 unspecified atom stereocenters. The SMILES string of the molecule is CCc1cnc(CNC(=O)C2CCCC(N)C2)s1. The van der Waals surface area contributed by atoms with E-state index in [1.54, 1.807) is 11.3 Å². The molecule has 4 nitrogen and oxygen atoms in total. The Bertz CT molecular complexity index is 405. The number of amides is 1. The molecule has 0 aromatic carbocycles. The van der Waals surface area contributed by atoms with Gasteiger partial charge in [0.2, 0.25) is 5.91 Å². The number of thiazole rings is 1. The third-order valence-corrected chi connectivity index (χ3v) is 4.59. The monoisotopic (exact) mass is 267 g/mol. The second kappa shape index (κ2) is 6.29. The Morgan fingerprint density at radius 3 is 3.11 bits per heavy atom. The van der Waals surface area contributed by atoms with Crippen molar-refractivity contribution in [2.75, 3.05) is 0 Å². The third kappa shape index (κ3) is 3.53. The Morgan fingerprint density at radius 1 is 1.61 bits per heavy atom. The van der Waals surface area contributed by atoms with Crippen LogP contribution >= 0.6 is 11.3 Å². The van der Waals surface area contributed by atoms with Crippen molar-refractivity contribution in [3.05, 3.63) is 16.1 Å². The number of rotatable bonds is 4. The normalized spacial score (nSPS) is 23.9. The number of aryl methyl sites for hydroxylation is 1. The summed E-state index contributed by atoms with van der Waals surface area (Å²) < 4.78 is 0. The van der Waals surface area contributed by atoms with Crippen molar-refractivity contribution in [3.8, 4) is 0 Å². The minimum absolute atomic E-state index is 0.0966. The van der Waals surface area contributed by atoms with E-state index in [4.69, 9.17) is 5.73 Å². The number of nitrogens with one attached hydrogen (secondary N) is 1. The second-order valence-electron chi connectivity index (χ2n) is 4.92. The van der Waals surface area contributed by atoms with Crippen molar-refractivity contribution in [2.45, 2.75) is 51.6 Å². The van der Waals surface area contributed by atoms with Crippen LogP contribution in [-0.2, 0) is 17.8 Å². The Balaban J connectivity index is 1.80. The summed E-state index contributed by atoms with van der Waals surface area (Å²) in [5.74, 6) is 0.234. The van der Waals surface area contributed by atoms with Crippen LogP contribution in [0.3, 0.4) is 0 Å². The van der Waals surface area contributed by atoms with E-state index < -0.39 is 0 Å². The molecule has 100 valence electrons. The molecule has 1 fully saturated rings. The Morgan fingerprint density at radius 2 is 2.44 bits per heavy atom. The minimum Gasteiger partial charge on any atom is -0.349 e. The maximum absolute atomic E-state index is 12.0. The number of nitrogens with zero attached hydrogens (tertiary/aromatic N) is 1. The van der Waals surface area contributed by atoms with Gasteiger partial charge in [-0.3, -0.25) is 4.79 Å². The van der Waals surface area contributed by atoms with Gasteiger partial charge in [0.05, 0.1) is 6.54 Å². The maximum atomic E-state index is 12.0. The molecule has 2 rings (SSSR count). The molecule has 1 aliphatic carbocycles. The molecule has 0 saturated heterocycles. The van der Waals surface area contributed by atoms with Gasteiger partial charge in [0.25, 0.3) is 0 Å². The molecule has 18 heavy (non-hydrogen) atoms. The van der Waals surface area contributed by atoms with E-state index in [-0.39, 0.29) is 17.9 Å². The first-order chi connectivity index (χ1) is 8.69. The zero-order valence-electron chi connectivity index (χ0n) is 10.8. The molecule has 1 aliphatic rings. The highest BCUT2D eigenvalue weighted by atomic mass is 32.1. The zero-order chi connectivity index (χ0) is 13.0. The summed E-state index contributed by atoms with van der Waals surface area (Å²) in [5, 5.41) is 3.97. The van der Waals surface area contributed by atoms with Gasteiger partial charge in [0, 0.05) is 23.0 Å². The van der Waals surface area contributed by atoms with Gasteiger partial charge in [0.1, 0.15) is 5.01 Å². The van der Waals surface area contributed by atoms with Gasteiger partial charge in [-0.25, -0.2) is 4.98 Å². The average molecular weight is 267 g/mol. The lowest BCUT2D eigenvalue weighted by Crippen LogP contribution is -2.37. The molecule has 1 saturated carbocycles. The van der Waals surface area contributed by atoms with Crippen molar-refractivity contribution in [2.24, 2.45) is 11.7 Å². The standard InChI is InChI=1S/C13H21N3OS/c1-2-11-7-15-12(18-11)8-16-13(17)9-4-3-5-10(14)6-9/h7,9-10H,2-6,8,14H2,1H3,(H,16,17). The number of carbonyl (C=O) groups excluding carboxylic acids is 1. The van der Waals surface area contributed by atoms with Crippen LogP contribution in [0.1, 0.15) is 42.5 Å². The molecular formula is C13H21N3OS. The molecule has 1 aromatic rings. The summed E-state index contributed by atoms with van der Waals surface area (Å²) >= 11 is 1.67. The molecule has 0 bridgehead atoms. The fourth-order valence-electron chi connectivity index (χ4n) is 2.37. The van der Waals surface area contributed by atoms with Gasteiger partial charge in [-0.2, -0.15) is 0 Å². The van der Waals surface area contributed by atoms with Gasteiger partial charge in [-0.1, -0.05) is 13.3 Å². The van der Waals surface area contributed by atoms with E-state index in [9.17, 15) is 4.79 Å². The van der Waals surface area contributed by atoms with E-state index in [0.29, 0.717) is 6.54 Å². The van der Waals surface area contributed by atoms with E-state index in [2.05, 4.69) is 17.2 Å². The smallest absolute Gasteiger partial charge is 0.223 e. The van der Waals surface area contributed by atoms with Crippen LogP contribution in [0.15, 0.2) is 6.20 Å². The predicted molar refractivity (Wildman–Crippen MR) is 73.3 cm³/mol. The van der Waals surface area contributed by atoms with Gasteiger partial charge < -0.3 is 11.1 Å². The summed E-state index contributed by atoms with van der Waals surface area (Å²) in [6.07, 6.45) is 6.81. The van der Waals surface area contributed by atoms with Crippen molar-refractivity contribution in [1.29, 1.82) is 0 Å². The molecule has 2 atom stereocenters. The summed E-state index contributed by atoms with van der Waals surface area (Å²) in [5.41, 5.74) is 5.90. The lowest BCUT2D eigenvalue weighted by Gasteiger charge is -2.25. The summed E-state index contributed by atoms with van der Waals surface area (Å²) in [6, 6.07) is 0.195. The Labute approximate surface area is 112 Å². The van der Waals surface area contributed by atoms with Crippen LogP contribution in [-0.4, -0.2) is 16.9 Å². The Kier molecular flexibility index (Phi) is 4.72. The number of aromatic nitrogens is 1. The molecule has 0 spiro atoms. The molecular weight excluding hydrogens is 246 g/mol. The van der Waals surface area contributed by atoms with E-state index in [0.717, 1.165) is 37.1 Å². The van der Waals surface area contributed by atoms with Gasteiger partial charge in [-0.05, 0) is 25.7 Å². The molecule has 3 N–H and O–H groups in total. The highest BCUT2D eigenvalue weighted by Crippen LogP contribution is 2.23. The van der Waals surface area contributed by atoms with E-state index >= 15 is 0 Å². The average Bonchev–Trinajstić information content (AvgIpc) is 2.84. The molecule has 0 radical (unpaired) electrons. The van der Waals surface area contributed by atoms with Crippen molar-refractivity contribution in [3.63, 3.8) is 0 Å². The summed E-state index contributed by atoms with van der Waals surface area (Å²) in [7, 11) is 0. The van der Waals surface area contributed by atoms with Crippen LogP contribution in [0, 0.1) is 5.92 Å². The first-order valence-electron chi connectivity index (χ1n) is 6.66. The van der Waals surface area contributed by atoms with Crippen LogP contribution < -0.4 is 11.1 Å². The van der Waals surface area contributed by atoms with Crippen LogP contribution in [0.25, 0.3) is 0 Å². The quantitative estimate of drug-likeness (QED) is 0.874. The number of hydrogen-bond donors (Lipinski definition) is 2. The fraction of sp³-hybridized carbons (Fsp3) is 0.692.